The maximum atomic E-state index is 4.81. The molecule has 0 spiro atoms. The Labute approximate surface area is 157 Å². The van der Waals surface area contributed by atoms with Gasteiger partial charge in [-0.05, 0) is 43.6 Å². The van der Waals surface area contributed by atoms with Crippen LogP contribution >= 0.6 is 11.3 Å². The summed E-state index contributed by atoms with van der Waals surface area (Å²) in [4.78, 5) is 16.6. The predicted molar refractivity (Wildman–Crippen MR) is 106 cm³/mol. The summed E-state index contributed by atoms with van der Waals surface area (Å²) in [7, 11) is 0. The average Bonchev–Trinajstić information content (AvgIpc) is 3.22. The lowest BCUT2D eigenvalue weighted by Gasteiger charge is -2.18. The van der Waals surface area contributed by atoms with Crippen LogP contribution in [-0.2, 0) is 32.2 Å². The van der Waals surface area contributed by atoms with Crippen LogP contribution in [0.25, 0.3) is 10.2 Å². The lowest BCUT2D eigenvalue weighted by atomic mass is 9.89. The van der Waals surface area contributed by atoms with Crippen molar-refractivity contribution in [3.8, 4) is 0 Å². The Morgan fingerprint density at radius 3 is 3.15 bits per heavy atom. The topological polar surface area (TPSA) is 55.6 Å². The molecule has 1 atom stereocenters. The van der Waals surface area contributed by atoms with Crippen molar-refractivity contribution >= 4 is 27.4 Å². The fraction of sp³-hybridized carbons (Fsp3) is 0.550. The van der Waals surface area contributed by atoms with E-state index < -0.39 is 0 Å². The highest BCUT2D eigenvalue weighted by atomic mass is 32.1. The molecule has 1 N–H and O–H groups in total. The summed E-state index contributed by atoms with van der Waals surface area (Å²) in [6.45, 7) is 4.34. The number of anilines is 1. The summed E-state index contributed by atoms with van der Waals surface area (Å²) < 4.78 is 2.33. The molecule has 2 aliphatic rings. The third-order valence-electron chi connectivity index (χ3n) is 5.72. The Kier molecular flexibility index (Phi) is 4.15. The molecule has 136 valence electrons. The van der Waals surface area contributed by atoms with Crippen molar-refractivity contribution in [2.75, 3.05) is 11.9 Å². The van der Waals surface area contributed by atoms with E-state index in [4.69, 9.17) is 4.98 Å². The minimum absolute atomic E-state index is 0.784. The van der Waals surface area contributed by atoms with Gasteiger partial charge in [0.15, 0.2) is 0 Å². The van der Waals surface area contributed by atoms with E-state index in [-0.39, 0.29) is 0 Å². The second kappa shape index (κ2) is 6.65. The summed E-state index contributed by atoms with van der Waals surface area (Å²) in [6, 6.07) is 0. The van der Waals surface area contributed by atoms with Gasteiger partial charge < -0.3 is 9.88 Å². The van der Waals surface area contributed by atoms with Crippen LogP contribution < -0.4 is 5.32 Å². The summed E-state index contributed by atoms with van der Waals surface area (Å²) in [5.41, 5.74) is 2.68. The van der Waals surface area contributed by atoms with Gasteiger partial charge >= 0.3 is 0 Å². The normalized spacial score (nSPS) is 19.3. The van der Waals surface area contributed by atoms with Gasteiger partial charge in [-0.3, -0.25) is 0 Å². The lowest BCUT2D eigenvalue weighted by Crippen LogP contribution is -2.10. The number of imidazole rings is 1. The van der Waals surface area contributed by atoms with Crippen molar-refractivity contribution in [1.82, 2.24) is 19.5 Å². The maximum Gasteiger partial charge on any atom is 0.138 e. The molecule has 3 aromatic rings. The van der Waals surface area contributed by atoms with Gasteiger partial charge in [0, 0.05) is 37.0 Å². The number of rotatable bonds is 4. The molecule has 5 rings (SSSR count). The Balaban J connectivity index is 1.34. The predicted octanol–water partition coefficient (Wildman–Crippen LogP) is 4.00. The molecule has 26 heavy (non-hydrogen) atoms. The average molecular weight is 368 g/mol. The molecule has 0 saturated carbocycles. The molecule has 0 amide bonds. The van der Waals surface area contributed by atoms with Crippen LogP contribution in [0.1, 0.15) is 48.1 Å². The molecule has 1 unspecified atom stereocenters. The lowest BCUT2D eigenvalue weighted by molar-refractivity contribution is 0.509. The van der Waals surface area contributed by atoms with Gasteiger partial charge in [-0.25, -0.2) is 15.0 Å². The quantitative estimate of drug-likeness (QED) is 0.757. The Hall–Kier alpha value is -1.95. The van der Waals surface area contributed by atoms with E-state index in [1.54, 1.807) is 6.33 Å². The highest BCUT2D eigenvalue weighted by Gasteiger charge is 2.23. The second-order valence-corrected chi connectivity index (χ2v) is 8.81. The zero-order valence-electron chi connectivity index (χ0n) is 15.3. The molecular weight excluding hydrogens is 342 g/mol. The van der Waals surface area contributed by atoms with Crippen LogP contribution in [0, 0.1) is 5.92 Å². The molecule has 0 radical (unpaired) electrons. The zero-order valence-corrected chi connectivity index (χ0v) is 16.1. The highest BCUT2D eigenvalue weighted by molar-refractivity contribution is 7.19. The number of aromatic nitrogens is 4. The molecule has 4 heterocycles. The van der Waals surface area contributed by atoms with Crippen molar-refractivity contribution in [2.45, 2.75) is 58.4 Å². The Bertz CT molecular complexity index is 918. The number of nitrogens with zero attached hydrogens (tertiary/aromatic N) is 4. The minimum Gasteiger partial charge on any atom is -0.369 e. The first kappa shape index (κ1) is 16.2. The van der Waals surface area contributed by atoms with E-state index in [9.17, 15) is 0 Å². The first-order valence-electron chi connectivity index (χ1n) is 9.82. The third kappa shape index (κ3) is 2.90. The molecule has 1 aliphatic carbocycles. The smallest absolute Gasteiger partial charge is 0.138 e. The van der Waals surface area contributed by atoms with Crippen LogP contribution in [0.3, 0.4) is 0 Å². The molecule has 0 fully saturated rings. The van der Waals surface area contributed by atoms with Crippen molar-refractivity contribution in [1.29, 1.82) is 0 Å². The molecule has 6 heteroatoms. The molecule has 3 aromatic heterocycles. The maximum absolute atomic E-state index is 4.81. The van der Waals surface area contributed by atoms with Gasteiger partial charge in [-0.1, -0.05) is 6.92 Å². The number of thiophene rings is 1. The van der Waals surface area contributed by atoms with Crippen molar-refractivity contribution in [3.63, 3.8) is 0 Å². The molecule has 0 saturated heterocycles. The Morgan fingerprint density at radius 2 is 2.23 bits per heavy atom. The number of fused-ring (bicyclic) bond motifs is 4. The van der Waals surface area contributed by atoms with Crippen LogP contribution in [0.4, 0.5) is 5.82 Å². The number of hydrogen-bond acceptors (Lipinski definition) is 5. The fourth-order valence-electron chi connectivity index (χ4n) is 4.31. The Morgan fingerprint density at radius 1 is 1.27 bits per heavy atom. The second-order valence-electron chi connectivity index (χ2n) is 7.73. The number of hydrogen-bond donors (Lipinski definition) is 1. The van der Waals surface area contributed by atoms with Crippen molar-refractivity contribution in [3.05, 3.63) is 34.5 Å². The van der Waals surface area contributed by atoms with E-state index in [0.717, 1.165) is 48.9 Å². The van der Waals surface area contributed by atoms with E-state index in [1.807, 2.05) is 11.3 Å². The van der Waals surface area contributed by atoms with Crippen LogP contribution in [-0.4, -0.2) is 26.1 Å². The van der Waals surface area contributed by atoms with Gasteiger partial charge in [0.25, 0.3) is 0 Å². The van der Waals surface area contributed by atoms with Gasteiger partial charge in [-0.15, -0.1) is 11.3 Å². The van der Waals surface area contributed by atoms with E-state index in [0.29, 0.717) is 0 Å². The summed E-state index contributed by atoms with van der Waals surface area (Å²) in [5.74, 6) is 3.05. The fourth-order valence-corrected chi connectivity index (χ4v) is 5.66. The highest BCUT2D eigenvalue weighted by Crippen LogP contribution is 2.39. The largest absolute Gasteiger partial charge is 0.369 e. The summed E-state index contributed by atoms with van der Waals surface area (Å²) in [5, 5.41) is 4.84. The molecule has 1 aliphatic heterocycles. The van der Waals surface area contributed by atoms with Gasteiger partial charge in [0.05, 0.1) is 11.1 Å². The minimum atomic E-state index is 0.784. The molecular formula is C20H25N5S. The summed E-state index contributed by atoms with van der Waals surface area (Å²) >= 11 is 1.86. The van der Waals surface area contributed by atoms with Gasteiger partial charge in [-0.2, -0.15) is 0 Å². The molecule has 5 nitrogen and oxygen atoms in total. The van der Waals surface area contributed by atoms with Crippen LogP contribution in [0.5, 0.6) is 0 Å². The van der Waals surface area contributed by atoms with E-state index in [2.05, 4.69) is 33.0 Å². The SMILES string of the molecule is CC1CCc2c(sc3ncnc(NCCc4cn5c(n4)CCCC5)c23)C1. The molecule has 0 bridgehead atoms. The number of nitrogens with one attached hydrogen (secondary N) is 1. The standard InChI is InChI=1S/C20H25N5S/c1-13-5-6-15-16(10-13)26-20-18(15)19(22-12-23-20)21-8-7-14-11-25-9-3-2-4-17(25)24-14/h11-13H,2-10H2,1H3,(H,21,22,23). The van der Waals surface area contributed by atoms with E-state index in [1.165, 1.54) is 53.0 Å². The number of aryl methyl sites for hydroxylation is 3. The third-order valence-corrected chi connectivity index (χ3v) is 6.89. The first-order valence-corrected chi connectivity index (χ1v) is 10.6. The van der Waals surface area contributed by atoms with E-state index >= 15 is 0 Å². The van der Waals surface area contributed by atoms with Gasteiger partial charge in [0.2, 0.25) is 0 Å². The van der Waals surface area contributed by atoms with Crippen molar-refractivity contribution < 1.29 is 0 Å². The van der Waals surface area contributed by atoms with Crippen LogP contribution in [0.2, 0.25) is 0 Å². The van der Waals surface area contributed by atoms with Crippen LogP contribution in [0.15, 0.2) is 12.5 Å². The monoisotopic (exact) mass is 367 g/mol. The molecule has 0 aromatic carbocycles. The first-order chi connectivity index (χ1) is 12.8. The summed E-state index contributed by atoms with van der Waals surface area (Å²) in [6.07, 6.45) is 12.2. The van der Waals surface area contributed by atoms with Gasteiger partial charge in [0.1, 0.15) is 22.8 Å². The van der Waals surface area contributed by atoms with Crippen molar-refractivity contribution in [2.24, 2.45) is 5.92 Å². The zero-order chi connectivity index (χ0) is 17.5.